The molecule has 0 unspecified atom stereocenters. The number of nitrogens with zero attached hydrogens (tertiary/aromatic N) is 3. The summed E-state index contributed by atoms with van der Waals surface area (Å²) in [6, 6.07) is 13.0. The molecule has 1 aromatic heterocycles. The normalized spacial score (nSPS) is 13.7. The van der Waals surface area contributed by atoms with Crippen LogP contribution in [0.2, 0.25) is 0 Å². The molecule has 4 rings (SSSR count). The Kier molecular flexibility index (Phi) is 9.29. The second-order valence-corrected chi connectivity index (χ2v) is 8.66. The highest BCUT2D eigenvalue weighted by Crippen LogP contribution is 2.39. The minimum atomic E-state index is -0.393. The minimum absolute atomic E-state index is 0.222. The summed E-state index contributed by atoms with van der Waals surface area (Å²) in [6.45, 7) is 5.09. The zero-order valence-corrected chi connectivity index (χ0v) is 21.2. The average Bonchev–Trinajstić information content (AvgIpc) is 2.94. The van der Waals surface area contributed by atoms with Crippen LogP contribution in [0.15, 0.2) is 60.9 Å². The van der Waals surface area contributed by atoms with Gasteiger partial charge in [0.25, 0.3) is 5.91 Å². The summed E-state index contributed by atoms with van der Waals surface area (Å²) >= 11 is 0. The van der Waals surface area contributed by atoms with Crippen LogP contribution in [-0.4, -0.2) is 74.4 Å². The van der Waals surface area contributed by atoms with E-state index in [2.05, 4.69) is 9.88 Å². The molecule has 0 N–H and O–H groups in total. The topological polar surface area (TPSA) is 73.4 Å². The van der Waals surface area contributed by atoms with Gasteiger partial charge in [0.2, 0.25) is 5.75 Å². The van der Waals surface area contributed by atoms with E-state index in [1.807, 2.05) is 24.3 Å². The zero-order valence-electron chi connectivity index (χ0n) is 21.2. The van der Waals surface area contributed by atoms with Crippen molar-refractivity contribution in [3.63, 3.8) is 0 Å². The highest BCUT2D eigenvalue weighted by molar-refractivity contribution is 5.94. The van der Waals surface area contributed by atoms with Crippen molar-refractivity contribution in [2.24, 2.45) is 0 Å². The van der Waals surface area contributed by atoms with Crippen molar-refractivity contribution in [3.05, 3.63) is 83.4 Å². The van der Waals surface area contributed by atoms with Crippen molar-refractivity contribution < 1.29 is 28.1 Å². The van der Waals surface area contributed by atoms with Gasteiger partial charge in [-0.1, -0.05) is 0 Å². The summed E-state index contributed by atoms with van der Waals surface area (Å²) in [5.74, 6) is 0.952. The molecule has 1 aliphatic rings. The monoisotopic (exact) mass is 509 g/mol. The summed E-state index contributed by atoms with van der Waals surface area (Å²) in [6.07, 6.45) is 3.37. The van der Waals surface area contributed by atoms with Gasteiger partial charge < -0.3 is 23.8 Å². The fourth-order valence-electron chi connectivity index (χ4n) is 4.17. The predicted octanol–water partition coefficient (Wildman–Crippen LogP) is 3.79. The molecule has 1 fully saturated rings. The number of benzene rings is 2. The Morgan fingerprint density at radius 1 is 0.973 bits per heavy atom. The van der Waals surface area contributed by atoms with Gasteiger partial charge in [0.05, 0.1) is 27.4 Å². The number of hydrogen-bond acceptors (Lipinski definition) is 7. The van der Waals surface area contributed by atoms with Crippen LogP contribution < -0.4 is 14.2 Å². The van der Waals surface area contributed by atoms with E-state index in [1.165, 1.54) is 24.3 Å². The van der Waals surface area contributed by atoms with Crippen LogP contribution in [0.25, 0.3) is 0 Å². The number of morpholine rings is 1. The molecule has 1 saturated heterocycles. The first kappa shape index (κ1) is 26.4. The van der Waals surface area contributed by atoms with Gasteiger partial charge >= 0.3 is 0 Å². The van der Waals surface area contributed by atoms with Crippen molar-refractivity contribution >= 4 is 5.91 Å². The van der Waals surface area contributed by atoms with E-state index in [1.54, 1.807) is 31.5 Å². The number of carbonyl (C=O) groups is 1. The third kappa shape index (κ3) is 7.18. The summed E-state index contributed by atoms with van der Waals surface area (Å²) in [7, 11) is 3.15. The molecule has 1 aliphatic heterocycles. The summed E-state index contributed by atoms with van der Waals surface area (Å²) < 4.78 is 36.2. The van der Waals surface area contributed by atoms with Crippen molar-refractivity contribution in [1.29, 1.82) is 0 Å². The van der Waals surface area contributed by atoms with Crippen LogP contribution in [0.5, 0.6) is 17.2 Å². The van der Waals surface area contributed by atoms with Gasteiger partial charge in [0, 0.05) is 50.7 Å². The standard InChI is InChI=1S/C28H32FN3O5/c1-34-25-17-22(18-26(35-2)27(25)37-16-13-31-11-14-36-15-12-31)20-32(19-21-7-9-30-10-8-21)28(33)23-3-5-24(29)6-4-23/h3-10,17-18H,11-16,19-20H2,1-2H3. The molecule has 196 valence electrons. The Labute approximate surface area is 216 Å². The number of aromatic nitrogens is 1. The fraction of sp³-hybridized carbons (Fsp3) is 0.357. The van der Waals surface area contributed by atoms with E-state index >= 15 is 0 Å². The number of rotatable bonds is 11. The number of carbonyl (C=O) groups excluding carboxylic acids is 1. The van der Waals surface area contributed by atoms with Crippen LogP contribution in [0.4, 0.5) is 4.39 Å². The number of amides is 1. The Morgan fingerprint density at radius 3 is 2.22 bits per heavy atom. The van der Waals surface area contributed by atoms with Crippen LogP contribution >= 0.6 is 0 Å². The van der Waals surface area contributed by atoms with Gasteiger partial charge in [-0.2, -0.15) is 0 Å². The van der Waals surface area contributed by atoms with Gasteiger partial charge in [0.15, 0.2) is 11.5 Å². The van der Waals surface area contributed by atoms with Crippen molar-refractivity contribution in [1.82, 2.24) is 14.8 Å². The lowest BCUT2D eigenvalue weighted by Gasteiger charge is -2.27. The lowest BCUT2D eigenvalue weighted by molar-refractivity contribution is 0.0319. The molecule has 2 aromatic carbocycles. The largest absolute Gasteiger partial charge is 0.493 e. The summed E-state index contributed by atoms with van der Waals surface area (Å²) in [4.78, 5) is 21.5. The van der Waals surface area contributed by atoms with Crippen molar-refractivity contribution in [3.8, 4) is 17.2 Å². The molecule has 0 aliphatic carbocycles. The Hall–Kier alpha value is -3.69. The number of hydrogen-bond donors (Lipinski definition) is 0. The van der Waals surface area contributed by atoms with E-state index in [0.29, 0.717) is 36.0 Å². The molecule has 37 heavy (non-hydrogen) atoms. The minimum Gasteiger partial charge on any atom is -0.493 e. The first-order valence-electron chi connectivity index (χ1n) is 12.2. The molecule has 0 spiro atoms. The highest BCUT2D eigenvalue weighted by atomic mass is 19.1. The molecule has 0 saturated carbocycles. The Balaban J connectivity index is 1.54. The van der Waals surface area contributed by atoms with Gasteiger partial charge in [-0.3, -0.25) is 14.7 Å². The first-order chi connectivity index (χ1) is 18.1. The van der Waals surface area contributed by atoms with Crippen LogP contribution in [0.3, 0.4) is 0 Å². The van der Waals surface area contributed by atoms with E-state index in [0.717, 1.165) is 44.0 Å². The van der Waals surface area contributed by atoms with E-state index in [9.17, 15) is 9.18 Å². The molecule has 0 radical (unpaired) electrons. The number of pyridine rings is 1. The molecular weight excluding hydrogens is 477 g/mol. The van der Waals surface area contributed by atoms with Gasteiger partial charge in [-0.25, -0.2) is 4.39 Å². The molecular formula is C28H32FN3O5. The fourth-order valence-corrected chi connectivity index (χ4v) is 4.17. The number of methoxy groups -OCH3 is 2. The molecule has 9 heteroatoms. The second kappa shape index (κ2) is 13.0. The van der Waals surface area contributed by atoms with Gasteiger partial charge in [-0.05, 0) is 59.7 Å². The predicted molar refractivity (Wildman–Crippen MR) is 137 cm³/mol. The summed E-state index contributed by atoms with van der Waals surface area (Å²) in [5, 5.41) is 0. The maximum absolute atomic E-state index is 13.5. The maximum Gasteiger partial charge on any atom is 0.254 e. The van der Waals surface area contributed by atoms with Gasteiger partial charge in [-0.15, -0.1) is 0 Å². The summed E-state index contributed by atoms with van der Waals surface area (Å²) in [5.41, 5.74) is 2.13. The smallest absolute Gasteiger partial charge is 0.254 e. The first-order valence-corrected chi connectivity index (χ1v) is 12.2. The quantitative estimate of drug-likeness (QED) is 0.389. The van der Waals surface area contributed by atoms with Crippen LogP contribution in [0, 0.1) is 5.82 Å². The lowest BCUT2D eigenvalue weighted by Crippen LogP contribution is -2.38. The Bertz CT molecular complexity index is 1130. The molecule has 8 nitrogen and oxygen atoms in total. The highest BCUT2D eigenvalue weighted by Gasteiger charge is 2.21. The molecule has 3 aromatic rings. The molecule has 2 heterocycles. The maximum atomic E-state index is 13.5. The van der Waals surface area contributed by atoms with E-state index < -0.39 is 5.82 Å². The van der Waals surface area contributed by atoms with Crippen molar-refractivity contribution in [2.45, 2.75) is 13.1 Å². The van der Waals surface area contributed by atoms with Gasteiger partial charge in [0.1, 0.15) is 12.4 Å². The lowest BCUT2D eigenvalue weighted by atomic mass is 10.1. The average molecular weight is 510 g/mol. The molecule has 1 amide bonds. The zero-order chi connectivity index (χ0) is 26.0. The van der Waals surface area contributed by atoms with Crippen molar-refractivity contribution in [2.75, 3.05) is 53.7 Å². The van der Waals surface area contributed by atoms with Crippen LogP contribution in [-0.2, 0) is 17.8 Å². The van der Waals surface area contributed by atoms with E-state index in [-0.39, 0.29) is 12.5 Å². The molecule has 0 atom stereocenters. The number of halogens is 1. The van der Waals surface area contributed by atoms with Crippen LogP contribution in [0.1, 0.15) is 21.5 Å². The van der Waals surface area contributed by atoms with E-state index in [4.69, 9.17) is 18.9 Å². The molecule has 0 bridgehead atoms. The Morgan fingerprint density at radius 2 is 1.59 bits per heavy atom. The number of ether oxygens (including phenoxy) is 4. The third-order valence-corrected chi connectivity index (χ3v) is 6.15. The second-order valence-electron chi connectivity index (χ2n) is 8.66. The SMILES string of the molecule is COc1cc(CN(Cc2ccncc2)C(=O)c2ccc(F)cc2)cc(OC)c1OCCN1CCOCC1. The third-order valence-electron chi connectivity index (χ3n) is 6.15.